The van der Waals surface area contributed by atoms with E-state index in [1.54, 1.807) is 0 Å². The number of para-hydroxylation sites is 2. The fourth-order valence-electron chi connectivity index (χ4n) is 2.91. The molecule has 4 aromatic rings. The van der Waals surface area contributed by atoms with Gasteiger partial charge in [0, 0.05) is 16.9 Å². The van der Waals surface area contributed by atoms with Crippen molar-refractivity contribution in [2.24, 2.45) is 0 Å². The molecular formula is C23H20N4OS. The topological polar surface area (TPSA) is 59.8 Å². The Morgan fingerprint density at radius 3 is 2.24 bits per heavy atom. The predicted octanol–water partition coefficient (Wildman–Crippen LogP) is 4.97. The molecule has 0 fully saturated rings. The quantitative estimate of drug-likeness (QED) is 0.464. The van der Waals surface area contributed by atoms with E-state index in [1.807, 2.05) is 77.4 Å². The highest BCUT2D eigenvalue weighted by atomic mass is 32.2. The van der Waals surface area contributed by atoms with Gasteiger partial charge >= 0.3 is 0 Å². The number of carbonyl (C=O) groups is 1. The summed E-state index contributed by atoms with van der Waals surface area (Å²) in [6, 6.07) is 27.6. The molecule has 5 nitrogen and oxygen atoms in total. The van der Waals surface area contributed by atoms with Crippen LogP contribution in [-0.4, -0.2) is 26.4 Å². The number of rotatable bonds is 6. The van der Waals surface area contributed by atoms with E-state index in [4.69, 9.17) is 0 Å². The van der Waals surface area contributed by atoms with Crippen LogP contribution in [0.2, 0.25) is 0 Å². The van der Waals surface area contributed by atoms with Crippen molar-refractivity contribution in [2.75, 3.05) is 11.1 Å². The zero-order valence-electron chi connectivity index (χ0n) is 15.9. The molecule has 0 spiro atoms. The van der Waals surface area contributed by atoms with E-state index >= 15 is 0 Å². The van der Waals surface area contributed by atoms with E-state index in [1.165, 1.54) is 17.3 Å². The molecule has 0 aliphatic rings. The second-order valence-electron chi connectivity index (χ2n) is 6.55. The molecule has 144 valence electrons. The van der Waals surface area contributed by atoms with Gasteiger partial charge in [0.15, 0.2) is 11.0 Å². The fourth-order valence-corrected chi connectivity index (χ4v) is 3.66. The van der Waals surface area contributed by atoms with Crippen LogP contribution in [0, 0.1) is 6.92 Å². The van der Waals surface area contributed by atoms with Gasteiger partial charge in [-0.25, -0.2) is 0 Å². The molecule has 4 rings (SSSR count). The van der Waals surface area contributed by atoms with Crippen molar-refractivity contribution in [3.05, 3.63) is 90.5 Å². The van der Waals surface area contributed by atoms with Gasteiger partial charge in [-0.3, -0.25) is 9.36 Å². The van der Waals surface area contributed by atoms with Crippen LogP contribution < -0.4 is 5.32 Å². The van der Waals surface area contributed by atoms with Crippen molar-refractivity contribution in [1.82, 2.24) is 14.8 Å². The monoisotopic (exact) mass is 400 g/mol. The molecule has 0 aliphatic heterocycles. The van der Waals surface area contributed by atoms with Gasteiger partial charge in [-0.05, 0) is 31.2 Å². The largest absolute Gasteiger partial charge is 0.325 e. The molecule has 29 heavy (non-hydrogen) atoms. The van der Waals surface area contributed by atoms with Crippen LogP contribution in [0.5, 0.6) is 0 Å². The van der Waals surface area contributed by atoms with Gasteiger partial charge in [0.1, 0.15) is 0 Å². The molecule has 0 atom stereocenters. The van der Waals surface area contributed by atoms with Crippen molar-refractivity contribution < 1.29 is 4.79 Å². The maximum Gasteiger partial charge on any atom is 0.234 e. The SMILES string of the molecule is Cc1ccc(-c2nnc(SCC(=O)Nc3ccccc3)n2-c2ccccc2)cc1. The lowest BCUT2D eigenvalue weighted by Gasteiger charge is -2.10. The molecule has 0 unspecified atom stereocenters. The Labute approximate surface area is 173 Å². The third kappa shape index (κ3) is 4.55. The number of thioether (sulfide) groups is 1. The van der Waals surface area contributed by atoms with Crippen LogP contribution >= 0.6 is 11.8 Å². The zero-order valence-corrected chi connectivity index (χ0v) is 16.8. The average molecular weight is 401 g/mol. The standard InChI is InChI=1S/C23H20N4OS/c1-17-12-14-18(15-13-17)22-25-26-23(27(22)20-10-6-3-7-11-20)29-16-21(28)24-19-8-4-2-5-9-19/h2-15H,16H2,1H3,(H,24,28). The first-order valence-corrected chi connectivity index (χ1v) is 10.2. The van der Waals surface area contributed by atoms with E-state index in [-0.39, 0.29) is 11.7 Å². The Kier molecular flexibility index (Phi) is 5.72. The normalized spacial score (nSPS) is 10.7. The Morgan fingerprint density at radius 1 is 0.897 bits per heavy atom. The number of hydrogen-bond acceptors (Lipinski definition) is 4. The summed E-state index contributed by atoms with van der Waals surface area (Å²) in [7, 11) is 0. The molecule has 0 aliphatic carbocycles. The molecule has 0 radical (unpaired) electrons. The molecule has 1 N–H and O–H groups in total. The Morgan fingerprint density at radius 2 is 1.55 bits per heavy atom. The van der Waals surface area contributed by atoms with Crippen LogP contribution in [0.3, 0.4) is 0 Å². The molecular weight excluding hydrogens is 380 g/mol. The number of aromatic nitrogens is 3. The predicted molar refractivity (Wildman–Crippen MR) is 117 cm³/mol. The van der Waals surface area contributed by atoms with Gasteiger partial charge in [0.2, 0.25) is 5.91 Å². The van der Waals surface area contributed by atoms with Crippen molar-refractivity contribution in [3.8, 4) is 17.1 Å². The van der Waals surface area contributed by atoms with Crippen LogP contribution in [0.15, 0.2) is 90.1 Å². The lowest BCUT2D eigenvalue weighted by atomic mass is 10.1. The fraction of sp³-hybridized carbons (Fsp3) is 0.0870. The third-order valence-corrected chi connectivity index (χ3v) is 5.28. The summed E-state index contributed by atoms with van der Waals surface area (Å²) in [6.45, 7) is 2.05. The van der Waals surface area contributed by atoms with Gasteiger partial charge in [0.25, 0.3) is 0 Å². The number of carbonyl (C=O) groups excluding carboxylic acids is 1. The number of anilines is 1. The molecule has 0 saturated heterocycles. The Hall–Kier alpha value is -3.38. The molecule has 0 bridgehead atoms. The molecule has 1 heterocycles. The molecule has 0 saturated carbocycles. The van der Waals surface area contributed by atoms with E-state index in [9.17, 15) is 4.79 Å². The lowest BCUT2D eigenvalue weighted by molar-refractivity contribution is -0.113. The summed E-state index contributed by atoms with van der Waals surface area (Å²) >= 11 is 1.37. The summed E-state index contributed by atoms with van der Waals surface area (Å²) in [5.74, 6) is 0.913. The van der Waals surface area contributed by atoms with Gasteiger partial charge in [-0.15, -0.1) is 10.2 Å². The highest BCUT2D eigenvalue weighted by molar-refractivity contribution is 7.99. The van der Waals surface area contributed by atoms with Crippen LogP contribution in [0.25, 0.3) is 17.1 Å². The lowest BCUT2D eigenvalue weighted by Crippen LogP contribution is -2.14. The molecule has 1 amide bonds. The summed E-state index contributed by atoms with van der Waals surface area (Å²) in [6.07, 6.45) is 0. The Balaban J connectivity index is 1.60. The summed E-state index contributed by atoms with van der Waals surface area (Å²) in [4.78, 5) is 12.4. The number of benzene rings is 3. The van der Waals surface area contributed by atoms with Gasteiger partial charge < -0.3 is 5.32 Å². The van der Waals surface area contributed by atoms with E-state index in [2.05, 4.69) is 34.6 Å². The van der Waals surface area contributed by atoms with Crippen LogP contribution in [-0.2, 0) is 4.79 Å². The summed E-state index contributed by atoms with van der Waals surface area (Å²) < 4.78 is 1.99. The highest BCUT2D eigenvalue weighted by Crippen LogP contribution is 2.28. The van der Waals surface area contributed by atoms with Crippen molar-refractivity contribution in [1.29, 1.82) is 0 Å². The molecule has 1 aromatic heterocycles. The number of nitrogens with one attached hydrogen (secondary N) is 1. The number of hydrogen-bond donors (Lipinski definition) is 1. The van der Waals surface area contributed by atoms with Gasteiger partial charge in [-0.1, -0.05) is 78.0 Å². The van der Waals surface area contributed by atoms with Crippen molar-refractivity contribution in [2.45, 2.75) is 12.1 Å². The molecule has 6 heteroatoms. The average Bonchev–Trinajstić information content (AvgIpc) is 3.18. The van der Waals surface area contributed by atoms with Crippen LogP contribution in [0.1, 0.15) is 5.56 Å². The van der Waals surface area contributed by atoms with Gasteiger partial charge in [0.05, 0.1) is 5.75 Å². The van der Waals surface area contributed by atoms with Crippen molar-refractivity contribution in [3.63, 3.8) is 0 Å². The summed E-state index contributed by atoms with van der Waals surface area (Å²) in [5, 5.41) is 12.4. The number of aryl methyl sites for hydroxylation is 1. The number of nitrogens with zero attached hydrogens (tertiary/aromatic N) is 3. The van der Waals surface area contributed by atoms with E-state index < -0.39 is 0 Å². The minimum atomic E-state index is -0.0827. The first kappa shape index (κ1) is 19.0. The second-order valence-corrected chi connectivity index (χ2v) is 7.49. The minimum absolute atomic E-state index is 0.0827. The molecule has 3 aromatic carbocycles. The Bertz CT molecular complexity index is 1090. The highest BCUT2D eigenvalue weighted by Gasteiger charge is 2.17. The maximum atomic E-state index is 12.4. The minimum Gasteiger partial charge on any atom is -0.325 e. The van der Waals surface area contributed by atoms with E-state index in [0.29, 0.717) is 5.16 Å². The zero-order chi connectivity index (χ0) is 20.1. The first-order valence-electron chi connectivity index (χ1n) is 9.26. The first-order chi connectivity index (χ1) is 14.2. The van der Waals surface area contributed by atoms with Crippen LogP contribution in [0.4, 0.5) is 5.69 Å². The van der Waals surface area contributed by atoms with Crippen molar-refractivity contribution >= 4 is 23.4 Å². The smallest absolute Gasteiger partial charge is 0.234 e. The number of amides is 1. The van der Waals surface area contributed by atoms with E-state index in [0.717, 1.165) is 22.8 Å². The summed E-state index contributed by atoms with van der Waals surface area (Å²) in [5.41, 5.74) is 3.90. The third-order valence-electron chi connectivity index (χ3n) is 4.35. The van der Waals surface area contributed by atoms with Gasteiger partial charge in [-0.2, -0.15) is 0 Å². The maximum absolute atomic E-state index is 12.4. The second kappa shape index (κ2) is 8.75.